The summed E-state index contributed by atoms with van der Waals surface area (Å²) in [6, 6.07) is 5.06. The number of nitrogens with zero attached hydrogens (tertiary/aromatic N) is 1. The van der Waals surface area contributed by atoms with E-state index < -0.39 is 5.82 Å². The topological polar surface area (TPSA) is 46.3 Å². The monoisotopic (exact) mass is 286 g/mol. The van der Waals surface area contributed by atoms with Gasteiger partial charge in [-0.1, -0.05) is 12.1 Å². The lowest BCUT2D eigenvalue weighted by Crippen LogP contribution is -2.35. The maximum Gasteiger partial charge on any atom is 0.257 e. The van der Waals surface area contributed by atoms with Crippen molar-refractivity contribution in [1.82, 2.24) is 4.90 Å². The Bertz CT molecular complexity index is 467. The summed E-state index contributed by atoms with van der Waals surface area (Å²) in [5.41, 5.74) is 6.31. The zero-order valence-electron chi connectivity index (χ0n) is 11.2. The smallest absolute Gasteiger partial charge is 0.257 e. The molecule has 1 fully saturated rings. The van der Waals surface area contributed by atoms with E-state index in [9.17, 15) is 9.18 Å². The molecule has 5 heteroatoms. The summed E-state index contributed by atoms with van der Waals surface area (Å²) in [5.74, 6) is -0.303. The van der Waals surface area contributed by atoms with Gasteiger partial charge in [0, 0.05) is 12.6 Å². The Morgan fingerprint density at radius 1 is 1.53 bits per heavy atom. The van der Waals surface area contributed by atoms with Gasteiger partial charge in [0.05, 0.1) is 5.56 Å². The van der Waals surface area contributed by atoms with Crippen LogP contribution in [0.3, 0.4) is 0 Å². The molecule has 106 valence electrons. The molecule has 0 bridgehead atoms. The van der Waals surface area contributed by atoms with Gasteiger partial charge in [-0.15, -0.1) is 12.4 Å². The van der Waals surface area contributed by atoms with E-state index in [1.165, 1.54) is 0 Å². The van der Waals surface area contributed by atoms with Crippen LogP contribution in [0.25, 0.3) is 0 Å². The third-order valence-electron chi connectivity index (χ3n) is 3.68. The predicted molar refractivity (Wildman–Crippen MR) is 76.0 cm³/mol. The zero-order valence-corrected chi connectivity index (χ0v) is 12.0. The molecule has 2 atom stereocenters. The molecular weight excluding hydrogens is 267 g/mol. The molecule has 2 unspecified atom stereocenters. The lowest BCUT2D eigenvalue weighted by Gasteiger charge is -2.22. The number of hydrogen-bond donors (Lipinski definition) is 1. The highest BCUT2D eigenvalue weighted by Crippen LogP contribution is 2.25. The van der Waals surface area contributed by atoms with E-state index in [0.29, 0.717) is 24.6 Å². The van der Waals surface area contributed by atoms with Crippen LogP contribution in [0.15, 0.2) is 18.2 Å². The number of benzene rings is 1. The Labute approximate surface area is 119 Å². The summed E-state index contributed by atoms with van der Waals surface area (Å²) in [6.07, 6.45) is 0.898. The minimum absolute atomic E-state index is 0. The van der Waals surface area contributed by atoms with Crippen LogP contribution < -0.4 is 5.73 Å². The highest BCUT2D eigenvalue weighted by atomic mass is 35.5. The minimum Gasteiger partial charge on any atom is -0.336 e. The van der Waals surface area contributed by atoms with Gasteiger partial charge < -0.3 is 10.6 Å². The van der Waals surface area contributed by atoms with Crippen molar-refractivity contribution in [1.29, 1.82) is 0 Å². The fraction of sp³-hybridized carbons (Fsp3) is 0.500. The van der Waals surface area contributed by atoms with Gasteiger partial charge in [-0.05, 0) is 44.4 Å². The van der Waals surface area contributed by atoms with Crippen molar-refractivity contribution in [2.45, 2.75) is 26.3 Å². The number of carbonyl (C=O) groups excluding carboxylic acids is 1. The maximum atomic E-state index is 13.9. The Hall–Kier alpha value is -1.13. The molecule has 2 rings (SSSR count). The van der Waals surface area contributed by atoms with Gasteiger partial charge in [0.25, 0.3) is 5.91 Å². The van der Waals surface area contributed by atoms with Crippen LogP contribution in [-0.4, -0.2) is 29.9 Å². The van der Waals surface area contributed by atoms with Gasteiger partial charge in [0.1, 0.15) is 5.82 Å². The van der Waals surface area contributed by atoms with E-state index in [2.05, 4.69) is 0 Å². The first kappa shape index (κ1) is 15.9. The second kappa shape index (κ2) is 6.35. The number of amides is 1. The SMILES string of the molecule is Cc1cccc(C(=O)N2CC(CN)CC2C)c1F.Cl. The van der Waals surface area contributed by atoms with Crippen molar-refractivity contribution in [3.8, 4) is 0 Å². The Kier molecular flexibility index (Phi) is 5.32. The standard InChI is InChI=1S/C14H19FN2O.ClH/c1-9-4-3-5-12(13(9)15)14(18)17-8-11(7-16)6-10(17)2;/h3-5,10-11H,6-8,16H2,1-2H3;1H. The highest BCUT2D eigenvalue weighted by Gasteiger charge is 2.33. The quantitative estimate of drug-likeness (QED) is 0.907. The van der Waals surface area contributed by atoms with Gasteiger partial charge in [0.15, 0.2) is 0 Å². The van der Waals surface area contributed by atoms with Crippen molar-refractivity contribution in [3.63, 3.8) is 0 Å². The van der Waals surface area contributed by atoms with E-state index in [1.807, 2.05) is 6.92 Å². The summed E-state index contributed by atoms with van der Waals surface area (Å²) in [4.78, 5) is 14.1. The molecule has 1 heterocycles. The van der Waals surface area contributed by atoms with E-state index in [-0.39, 0.29) is 29.9 Å². The van der Waals surface area contributed by atoms with E-state index in [0.717, 1.165) is 6.42 Å². The summed E-state index contributed by atoms with van der Waals surface area (Å²) < 4.78 is 13.9. The fourth-order valence-corrected chi connectivity index (χ4v) is 2.56. The third kappa shape index (κ3) is 3.07. The molecule has 2 N–H and O–H groups in total. The average Bonchev–Trinajstić information content (AvgIpc) is 2.73. The van der Waals surface area contributed by atoms with E-state index in [4.69, 9.17) is 5.73 Å². The number of carbonyl (C=O) groups is 1. The molecule has 0 aliphatic carbocycles. The lowest BCUT2D eigenvalue weighted by atomic mass is 10.1. The van der Waals surface area contributed by atoms with Crippen LogP contribution in [-0.2, 0) is 0 Å². The van der Waals surface area contributed by atoms with Gasteiger partial charge >= 0.3 is 0 Å². The Morgan fingerprint density at radius 3 is 2.79 bits per heavy atom. The maximum absolute atomic E-state index is 13.9. The molecule has 1 aromatic rings. The molecule has 0 aromatic heterocycles. The predicted octanol–water partition coefficient (Wildman–Crippen LogP) is 2.37. The number of hydrogen-bond acceptors (Lipinski definition) is 2. The zero-order chi connectivity index (χ0) is 13.3. The highest BCUT2D eigenvalue weighted by molar-refractivity contribution is 5.95. The summed E-state index contributed by atoms with van der Waals surface area (Å²) in [7, 11) is 0. The molecule has 3 nitrogen and oxygen atoms in total. The Morgan fingerprint density at radius 2 is 2.21 bits per heavy atom. The lowest BCUT2D eigenvalue weighted by molar-refractivity contribution is 0.0738. The first-order chi connectivity index (χ1) is 8.54. The van der Waals surface area contributed by atoms with Crippen molar-refractivity contribution in [2.24, 2.45) is 11.7 Å². The van der Waals surface area contributed by atoms with E-state index >= 15 is 0 Å². The van der Waals surface area contributed by atoms with E-state index in [1.54, 1.807) is 30.0 Å². The molecule has 1 aliphatic heterocycles. The number of aryl methyl sites for hydroxylation is 1. The van der Waals surface area contributed by atoms with Crippen LogP contribution in [0.2, 0.25) is 0 Å². The first-order valence-corrected chi connectivity index (χ1v) is 6.30. The number of nitrogens with two attached hydrogens (primary N) is 1. The largest absolute Gasteiger partial charge is 0.336 e. The van der Waals surface area contributed by atoms with Crippen molar-refractivity contribution < 1.29 is 9.18 Å². The van der Waals surface area contributed by atoms with Crippen LogP contribution in [0, 0.1) is 18.7 Å². The molecular formula is C14H20ClFN2O. The summed E-state index contributed by atoms with van der Waals surface area (Å²) >= 11 is 0. The van der Waals surface area contributed by atoms with Crippen LogP contribution in [0.5, 0.6) is 0 Å². The van der Waals surface area contributed by atoms with Gasteiger partial charge in [-0.25, -0.2) is 4.39 Å². The van der Waals surface area contributed by atoms with Gasteiger partial charge in [-0.3, -0.25) is 4.79 Å². The number of rotatable bonds is 2. The van der Waals surface area contributed by atoms with Crippen LogP contribution in [0.1, 0.15) is 29.3 Å². The van der Waals surface area contributed by atoms with Crippen LogP contribution >= 0.6 is 12.4 Å². The molecule has 0 saturated carbocycles. The molecule has 1 amide bonds. The first-order valence-electron chi connectivity index (χ1n) is 6.30. The van der Waals surface area contributed by atoms with Crippen molar-refractivity contribution >= 4 is 18.3 Å². The molecule has 1 aliphatic rings. The Balaban J connectivity index is 0.00000180. The normalized spacial score (nSPS) is 22.2. The fourth-order valence-electron chi connectivity index (χ4n) is 2.56. The second-order valence-electron chi connectivity index (χ2n) is 5.08. The van der Waals surface area contributed by atoms with Gasteiger partial charge in [0.2, 0.25) is 0 Å². The van der Waals surface area contributed by atoms with Crippen LogP contribution in [0.4, 0.5) is 4.39 Å². The third-order valence-corrected chi connectivity index (χ3v) is 3.68. The summed E-state index contributed by atoms with van der Waals surface area (Å²) in [5, 5.41) is 0. The summed E-state index contributed by atoms with van der Waals surface area (Å²) in [6.45, 7) is 4.86. The van der Waals surface area contributed by atoms with Gasteiger partial charge in [-0.2, -0.15) is 0 Å². The number of halogens is 2. The molecule has 1 saturated heterocycles. The second-order valence-corrected chi connectivity index (χ2v) is 5.08. The molecule has 0 radical (unpaired) electrons. The molecule has 1 aromatic carbocycles. The molecule has 19 heavy (non-hydrogen) atoms. The average molecular weight is 287 g/mol. The molecule has 0 spiro atoms. The van der Waals surface area contributed by atoms with Crippen molar-refractivity contribution in [3.05, 3.63) is 35.1 Å². The minimum atomic E-state index is -0.411. The number of likely N-dealkylation sites (tertiary alicyclic amines) is 1. The van der Waals surface area contributed by atoms with Crippen molar-refractivity contribution in [2.75, 3.05) is 13.1 Å².